The largest absolute Gasteiger partial charge is 0.337 e. The molecule has 0 spiro atoms. The summed E-state index contributed by atoms with van der Waals surface area (Å²) >= 11 is 6.70. The quantitative estimate of drug-likeness (QED) is 0.491. The van der Waals surface area contributed by atoms with E-state index < -0.39 is 0 Å². The van der Waals surface area contributed by atoms with Crippen LogP contribution < -0.4 is 5.32 Å². The number of benzene rings is 2. The summed E-state index contributed by atoms with van der Waals surface area (Å²) in [4.78, 5) is 20.0. The minimum absolute atomic E-state index is 0.178. The number of fused-ring (bicyclic) bond motifs is 1. The molecule has 0 saturated carbocycles. The molecule has 4 aromatic rings. The van der Waals surface area contributed by atoms with Crippen molar-refractivity contribution in [3.8, 4) is 5.69 Å². The Balaban J connectivity index is 1.57. The molecule has 5 nitrogen and oxygen atoms in total. The molecule has 26 heavy (non-hydrogen) atoms. The van der Waals surface area contributed by atoms with Crippen molar-refractivity contribution in [1.82, 2.24) is 14.5 Å². The average molecular weight is 380 g/mol. The zero-order valence-electron chi connectivity index (χ0n) is 14.2. The second kappa shape index (κ2) is 6.51. The third kappa shape index (κ3) is 3.07. The molecule has 0 saturated heterocycles. The fraction of sp³-hybridized carbons (Fsp3) is 0.105. The number of aromatic nitrogens is 3. The molecule has 4 rings (SSSR count). The van der Waals surface area contributed by atoms with E-state index in [0.29, 0.717) is 15.5 Å². The molecule has 2 aromatic carbocycles. The molecule has 0 radical (unpaired) electrons. The van der Waals surface area contributed by atoms with Gasteiger partial charge < -0.3 is 4.98 Å². The second-order valence-electron chi connectivity index (χ2n) is 6.08. The topological polar surface area (TPSA) is 62.7 Å². The van der Waals surface area contributed by atoms with Crippen molar-refractivity contribution >= 4 is 44.8 Å². The molecule has 1 amide bonds. The van der Waals surface area contributed by atoms with E-state index in [1.165, 1.54) is 16.9 Å². The van der Waals surface area contributed by atoms with E-state index in [-0.39, 0.29) is 5.91 Å². The highest BCUT2D eigenvalue weighted by Gasteiger charge is 2.12. The van der Waals surface area contributed by atoms with Crippen LogP contribution in [0.15, 0.2) is 48.8 Å². The smallest absolute Gasteiger partial charge is 0.257 e. The lowest BCUT2D eigenvalue weighted by molar-refractivity contribution is 0.102. The Morgan fingerprint density at radius 2 is 2.00 bits per heavy atom. The Bertz CT molecular complexity index is 1170. The summed E-state index contributed by atoms with van der Waals surface area (Å²) in [5.41, 5.74) is 4.72. The lowest BCUT2D eigenvalue weighted by atomic mass is 10.1. The maximum absolute atomic E-state index is 12.5. The number of aryl methyl sites for hydroxylation is 2. The number of rotatable bonds is 3. The minimum Gasteiger partial charge on any atom is -0.337 e. The number of imidazole rings is 1. The highest BCUT2D eigenvalue weighted by molar-refractivity contribution is 7.71. The number of amides is 1. The van der Waals surface area contributed by atoms with Crippen molar-refractivity contribution in [3.05, 3.63) is 70.3 Å². The molecule has 0 bridgehead atoms. The molecule has 0 aliphatic heterocycles. The summed E-state index contributed by atoms with van der Waals surface area (Å²) in [7, 11) is 0. The number of aromatic amines is 1. The summed E-state index contributed by atoms with van der Waals surface area (Å²) in [5.74, 6) is -0.178. The van der Waals surface area contributed by atoms with Gasteiger partial charge in [0, 0.05) is 23.6 Å². The van der Waals surface area contributed by atoms with Crippen LogP contribution in [0.2, 0.25) is 0 Å². The van der Waals surface area contributed by atoms with Crippen molar-refractivity contribution in [2.75, 3.05) is 5.32 Å². The molecule has 0 aliphatic rings. The molecule has 7 heteroatoms. The Kier molecular flexibility index (Phi) is 4.18. The third-order valence-corrected chi connectivity index (χ3v) is 5.34. The van der Waals surface area contributed by atoms with Crippen LogP contribution in [-0.4, -0.2) is 20.4 Å². The number of thiazole rings is 1. The predicted octanol–water partition coefficient (Wildman–Crippen LogP) is 5.01. The average Bonchev–Trinajstić information content (AvgIpc) is 3.21. The van der Waals surface area contributed by atoms with Crippen molar-refractivity contribution < 1.29 is 4.79 Å². The normalized spacial score (nSPS) is 11.0. The lowest BCUT2D eigenvalue weighted by Gasteiger charge is -2.05. The standard InChI is InChI=1S/C19H16N4OS2/c1-11-9-12(2)16-15(10-11)26-18(21-16)22-17(24)13-3-5-14(6-4-13)23-8-7-20-19(23)25/h3-10H,1-2H3,(H,20,25)(H,21,22,24). The molecule has 0 atom stereocenters. The van der Waals surface area contributed by atoms with E-state index in [1.54, 1.807) is 18.3 Å². The molecular weight excluding hydrogens is 364 g/mol. The first kappa shape index (κ1) is 16.7. The molecule has 130 valence electrons. The van der Waals surface area contributed by atoms with Gasteiger partial charge in [-0.05, 0) is 67.5 Å². The predicted molar refractivity (Wildman–Crippen MR) is 108 cm³/mol. The Morgan fingerprint density at radius 3 is 2.69 bits per heavy atom. The van der Waals surface area contributed by atoms with Crippen LogP contribution in [0.5, 0.6) is 0 Å². The zero-order chi connectivity index (χ0) is 18.3. The van der Waals surface area contributed by atoms with Crippen LogP contribution in [0.4, 0.5) is 5.13 Å². The number of nitrogens with zero attached hydrogens (tertiary/aromatic N) is 2. The first-order chi connectivity index (χ1) is 12.5. The van der Waals surface area contributed by atoms with Gasteiger partial charge in [-0.25, -0.2) is 4.98 Å². The molecule has 0 unspecified atom stereocenters. The zero-order valence-corrected chi connectivity index (χ0v) is 15.9. The van der Waals surface area contributed by atoms with Crippen LogP contribution in [0.25, 0.3) is 15.9 Å². The van der Waals surface area contributed by atoms with Crippen LogP contribution in [-0.2, 0) is 0 Å². The maximum atomic E-state index is 12.5. The summed E-state index contributed by atoms with van der Waals surface area (Å²) in [5, 5.41) is 3.50. The van der Waals surface area contributed by atoms with Gasteiger partial charge in [0.05, 0.1) is 10.2 Å². The van der Waals surface area contributed by atoms with Gasteiger partial charge in [-0.15, -0.1) is 0 Å². The summed E-state index contributed by atoms with van der Waals surface area (Å²) in [6, 6.07) is 11.5. The highest BCUT2D eigenvalue weighted by atomic mass is 32.1. The van der Waals surface area contributed by atoms with Gasteiger partial charge in [0.1, 0.15) is 0 Å². The molecular formula is C19H16N4OS2. The van der Waals surface area contributed by atoms with E-state index in [1.807, 2.05) is 29.8 Å². The second-order valence-corrected chi connectivity index (χ2v) is 7.50. The summed E-state index contributed by atoms with van der Waals surface area (Å²) in [6.07, 6.45) is 3.63. The number of carbonyl (C=O) groups excluding carboxylic acids is 1. The fourth-order valence-electron chi connectivity index (χ4n) is 2.89. The third-order valence-electron chi connectivity index (χ3n) is 4.11. The SMILES string of the molecule is Cc1cc(C)c2nc(NC(=O)c3ccc(-n4cc[nH]c4=S)cc3)sc2c1. The minimum atomic E-state index is -0.178. The number of anilines is 1. The van der Waals surface area contributed by atoms with E-state index in [0.717, 1.165) is 21.5 Å². The molecule has 0 aliphatic carbocycles. The van der Waals surface area contributed by atoms with E-state index in [9.17, 15) is 4.79 Å². The fourth-order valence-corrected chi connectivity index (χ4v) is 4.16. The van der Waals surface area contributed by atoms with Crippen LogP contribution in [0, 0.1) is 18.6 Å². The van der Waals surface area contributed by atoms with Gasteiger partial charge in [-0.1, -0.05) is 17.4 Å². The monoisotopic (exact) mass is 380 g/mol. The lowest BCUT2D eigenvalue weighted by Crippen LogP contribution is -2.11. The van der Waals surface area contributed by atoms with Crippen molar-refractivity contribution in [3.63, 3.8) is 0 Å². The first-order valence-electron chi connectivity index (χ1n) is 8.07. The van der Waals surface area contributed by atoms with Gasteiger partial charge in [0.15, 0.2) is 9.90 Å². The number of hydrogen-bond acceptors (Lipinski definition) is 4. The van der Waals surface area contributed by atoms with Gasteiger partial charge >= 0.3 is 0 Å². The Labute approximate surface area is 159 Å². The maximum Gasteiger partial charge on any atom is 0.257 e. The molecule has 2 heterocycles. The summed E-state index contributed by atoms with van der Waals surface area (Å²) < 4.78 is 3.53. The molecule has 2 N–H and O–H groups in total. The van der Waals surface area contributed by atoms with Crippen LogP contribution in [0.1, 0.15) is 21.5 Å². The molecule has 2 aromatic heterocycles. The van der Waals surface area contributed by atoms with Crippen LogP contribution >= 0.6 is 23.6 Å². The van der Waals surface area contributed by atoms with Crippen molar-refractivity contribution in [2.45, 2.75) is 13.8 Å². The van der Waals surface area contributed by atoms with Crippen molar-refractivity contribution in [1.29, 1.82) is 0 Å². The van der Waals surface area contributed by atoms with Gasteiger partial charge in [0.2, 0.25) is 0 Å². The Hall–Kier alpha value is -2.77. The molecule has 0 fully saturated rings. The highest BCUT2D eigenvalue weighted by Crippen LogP contribution is 2.29. The van der Waals surface area contributed by atoms with Gasteiger partial charge in [0.25, 0.3) is 5.91 Å². The Morgan fingerprint density at radius 1 is 1.23 bits per heavy atom. The number of nitrogens with one attached hydrogen (secondary N) is 2. The van der Waals surface area contributed by atoms with E-state index in [2.05, 4.69) is 34.3 Å². The van der Waals surface area contributed by atoms with Gasteiger partial charge in [-0.3, -0.25) is 14.7 Å². The number of hydrogen-bond donors (Lipinski definition) is 2. The van der Waals surface area contributed by atoms with E-state index >= 15 is 0 Å². The number of H-pyrrole nitrogens is 1. The first-order valence-corrected chi connectivity index (χ1v) is 9.29. The van der Waals surface area contributed by atoms with Gasteiger partial charge in [-0.2, -0.15) is 0 Å². The van der Waals surface area contributed by atoms with Crippen molar-refractivity contribution in [2.24, 2.45) is 0 Å². The van der Waals surface area contributed by atoms with E-state index in [4.69, 9.17) is 12.2 Å². The number of carbonyl (C=O) groups is 1. The van der Waals surface area contributed by atoms with Crippen LogP contribution in [0.3, 0.4) is 0 Å². The summed E-state index contributed by atoms with van der Waals surface area (Å²) in [6.45, 7) is 4.09.